The predicted molar refractivity (Wildman–Crippen MR) is 120 cm³/mol. The molecule has 2 fully saturated rings. The van der Waals surface area contributed by atoms with Crippen LogP contribution in [-0.4, -0.2) is 39.1 Å². The molecule has 0 aliphatic heterocycles. The van der Waals surface area contributed by atoms with E-state index in [0.29, 0.717) is 27.8 Å². The van der Waals surface area contributed by atoms with E-state index in [4.69, 9.17) is 0 Å². The Kier molecular flexibility index (Phi) is 13.0. The first-order chi connectivity index (χ1) is 13.9. The molecule has 2 N–H and O–H groups in total. The minimum absolute atomic E-state index is 0.272. The number of alkyl halides is 2. The second-order valence-electron chi connectivity index (χ2n) is 8.76. The molecule has 2 rings (SSSR count). The van der Waals surface area contributed by atoms with Gasteiger partial charge in [-0.25, -0.2) is 0 Å². The normalized spacial score (nSPS) is 30.4. The van der Waals surface area contributed by atoms with Gasteiger partial charge in [0.1, 0.15) is 0 Å². The second kappa shape index (κ2) is 14.3. The second-order valence-corrected chi connectivity index (χ2v) is 14.5. The molecule has 29 heavy (non-hydrogen) atoms. The van der Waals surface area contributed by atoms with Crippen LogP contribution in [0.1, 0.15) is 71.6 Å². The van der Waals surface area contributed by atoms with Gasteiger partial charge in [0.05, 0.1) is 0 Å². The number of hydrogen-bond acceptors (Lipinski definition) is 3. The van der Waals surface area contributed by atoms with Crippen LogP contribution in [0.15, 0.2) is 0 Å². The minimum atomic E-state index is -0.517. The molecular weight excluding hydrogens is 707 g/mol. The molecule has 2 aliphatic carbocycles. The van der Waals surface area contributed by atoms with Crippen LogP contribution in [0, 0.1) is 17.8 Å². The predicted octanol–water partition coefficient (Wildman–Crippen LogP) is -1.01. The molecule has 0 aromatic heterocycles. The first-order valence-corrected chi connectivity index (χ1v) is 17.8. The summed E-state index contributed by atoms with van der Waals surface area (Å²) in [5.74, 6) is 2.19. The van der Waals surface area contributed by atoms with Crippen LogP contribution in [-0.2, 0) is 0 Å². The summed E-state index contributed by atoms with van der Waals surface area (Å²) >= 11 is 1.54. The summed E-state index contributed by atoms with van der Waals surface area (Å²) in [7, 11) is 0. The number of hydrogen-bond donors (Lipinski definition) is 2. The van der Waals surface area contributed by atoms with Crippen molar-refractivity contribution in [3.63, 3.8) is 0 Å². The summed E-state index contributed by atoms with van der Waals surface area (Å²) in [4.78, 5) is 26.4. The van der Waals surface area contributed by atoms with Gasteiger partial charge in [0.2, 0.25) is 0 Å². The van der Waals surface area contributed by atoms with E-state index in [2.05, 4.69) is 50.5 Å². The van der Waals surface area contributed by atoms with Crippen LogP contribution in [0.25, 0.3) is 0 Å². The van der Waals surface area contributed by atoms with Crippen LogP contribution in [0.4, 0.5) is 9.59 Å². The van der Waals surface area contributed by atoms with Gasteiger partial charge < -0.3 is 0 Å². The van der Waals surface area contributed by atoms with Crippen molar-refractivity contribution in [2.24, 2.45) is 17.8 Å². The van der Waals surface area contributed by atoms with Gasteiger partial charge in [0.15, 0.2) is 0 Å². The quantitative estimate of drug-likeness (QED) is 0.0993. The van der Waals surface area contributed by atoms with Gasteiger partial charge in [-0.2, -0.15) is 0 Å². The molecule has 0 bridgehead atoms. The number of rotatable bonds is 10. The fourth-order valence-corrected chi connectivity index (χ4v) is 8.59. The standard InChI is InChI=1S/C21H38I3N3O2/c1-4-6-16-10-18(26-20(28)23-3)12-19(11-16)27(22)14-24-21(29)25-13-17-8-5-7-15(2)9-17/h15-19H,4-14H2,1-3H3,(H,25,29)(H,26,28)/q-2. The van der Waals surface area contributed by atoms with Crippen LogP contribution >= 0.6 is 22.9 Å². The summed E-state index contributed by atoms with van der Waals surface area (Å²) in [6.45, 7) is 5.46. The van der Waals surface area contributed by atoms with Crippen molar-refractivity contribution in [3.05, 3.63) is 0 Å². The van der Waals surface area contributed by atoms with E-state index in [1.54, 1.807) is 0 Å². The number of nitrogens with one attached hydrogen (secondary N) is 2. The molecule has 0 aromatic carbocycles. The first-order valence-electron chi connectivity index (χ1n) is 11.0. The summed E-state index contributed by atoms with van der Waals surface area (Å²) in [6, 6.07) is 0.794. The van der Waals surface area contributed by atoms with Crippen molar-refractivity contribution in [2.45, 2.75) is 83.7 Å². The fraction of sp³-hybridized carbons (Fsp3) is 0.905. The van der Waals surface area contributed by atoms with Crippen molar-refractivity contribution in [1.82, 2.24) is 13.7 Å². The molecule has 5 nitrogen and oxygen atoms in total. The molecule has 172 valence electrons. The molecular formula is C21H38I3N3O2-2. The number of amides is 2. The van der Waals surface area contributed by atoms with Crippen molar-refractivity contribution in [1.29, 1.82) is 0 Å². The van der Waals surface area contributed by atoms with Crippen LogP contribution in [0.2, 0.25) is 0 Å². The van der Waals surface area contributed by atoms with Gasteiger partial charge in [-0.05, 0) is 0 Å². The van der Waals surface area contributed by atoms with E-state index in [1.807, 2.05) is 4.93 Å². The van der Waals surface area contributed by atoms with Crippen LogP contribution in [0.5, 0.6) is 0 Å². The maximum atomic E-state index is 12.4. The Labute approximate surface area is 212 Å². The monoisotopic (exact) mass is 745 g/mol. The Morgan fingerprint density at radius 2 is 1.90 bits per heavy atom. The number of nitrogens with zero attached hydrogens (tertiary/aromatic N) is 1. The van der Waals surface area contributed by atoms with E-state index < -0.39 is 21.2 Å². The Morgan fingerprint density at radius 3 is 2.59 bits per heavy atom. The summed E-state index contributed by atoms with van der Waals surface area (Å²) in [5, 5.41) is 6.51. The zero-order chi connectivity index (χ0) is 21.2. The molecule has 0 heterocycles. The number of carbonyl (C=O) groups is 2. The molecule has 5 atom stereocenters. The van der Waals surface area contributed by atoms with Gasteiger partial charge in [0, 0.05) is 0 Å². The molecule has 5 unspecified atom stereocenters. The Balaban J connectivity index is 1.75. The fourth-order valence-electron chi connectivity index (χ4n) is 4.84. The molecule has 0 spiro atoms. The van der Waals surface area contributed by atoms with Crippen molar-refractivity contribution < 1.29 is 52.0 Å². The van der Waals surface area contributed by atoms with E-state index in [9.17, 15) is 9.59 Å². The third kappa shape index (κ3) is 10.0. The van der Waals surface area contributed by atoms with Crippen LogP contribution < -0.4 is 53.0 Å². The Morgan fingerprint density at radius 1 is 1.10 bits per heavy atom. The average Bonchev–Trinajstić information content (AvgIpc) is 2.70. The van der Waals surface area contributed by atoms with Gasteiger partial charge >= 0.3 is 214 Å². The Bertz CT molecular complexity index is 523. The van der Waals surface area contributed by atoms with E-state index in [-0.39, 0.29) is 25.1 Å². The van der Waals surface area contributed by atoms with Gasteiger partial charge in [-0.15, -0.1) is 0 Å². The molecule has 0 saturated heterocycles. The molecule has 0 aromatic rings. The average molecular weight is 745 g/mol. The number of halogens is 3. The molecule has 2 aliphatic rings. The SMILES string of the molecule is CCCC1CC(NC(=O)[I-]C)CC(N(I)C[I-]C(=O)NCC2CCCC(C)C2)C1. The van der Waals surface area contributed by atoms with Crippen molar-refractivity contribution in [2.75, 3.05) is 16.0 Å². The zero-order valence-electron chi connectivity index (χ0n) is 18.1. The van der Waals surface area contributed by atoms with E-state index in [0.717, 1.165) is 29.9 Å². The molecule has 8 heteroatoms. The summed E-state index contributed by atoms with van der Waals surface area (Å²) in [5.41, 5.74) is 0. The summed E-state index contributed by atoms with van der Waals surface area (Å²) < 4.78 is 3.85. The summed E-state index contributed by atoms with van der Waals surface area (Å²) in [6.07, 6.45) is 11.0. The maximum absolute atomic E-state index is 12.4. The zero-order valence-corrected chi connectivity index (χ0v) is 24.5. The van der Waals surface area contributed by atoms with Gasteiger partial charge in [0.25, 0.3) is 0 Å². The van der Waals surface area contributed by atoms with Crippen molar-refractivity contribution >= 4 is 30.7 Å². The topological polar surface area (TPSA) is 61.4 Å². The third-order valence-electron chi connectivity index (χ3n) is 6.23. The molecule has 2 amide bonds. The number of carbonyl (C=O) groups excluding carboxylic acids is 2. The van der Waals surface area contributed by atoms with Crippen LogP contribution in [0.3, 0.4) is 0 Å². The molecule has 0 radical (unpaired) electrons. The van der Waals surface area contributed by atoms with Gasteiger partial charge in [-0.1, -0.05) is 0 Å². The first kappa shape index (κ1) is 26.3. The van der Waals surface area contributed by atoms with Crippen molar-refractivity contribution in [3.8, 4) is 0 Å². The Hall–Kier alpha value is 1.09. The van der Waals surface area contributed by atoms with E-state index >= 15 is 0 Å². The third-order valence-corrected chi connectivity index (χ3v) is 12.1. The van der Waals surface area contributed by atoms with Gasteiger partial charge in [-0.3, -0.25) is 0 Å². The molecule has 2 saturated carbocycles. The van der Waals surface area contributed by atoms with E-state index in [1.165, 1.54) is 44.9 Å².